The van der Waals surface area contributed by atoms with Crippen LogP contribution in [0.4, 0.5) is 0 Å². The fraction of sp³-hybridized carbons (Fsp3) is 0.583. The van der Waals surface area contributed by atoms with E-state index in [2.05, 4.69) is 33.0 Å². The summed E-state index contributed by atoms with van der Waals surface area (Å²) in [5, 5.41) is 0. The molecule has 18 heavy (non-hydrogen) atoms. The van der Waals surface area contributed by atoms with Crippen LogP contribution in [0.2, 0.25) is 0 Å². The van der Waals surface area contributed by atoms with Gasteiger partial charge < -0.3 is 10.6 Å². The molecule has 0 radical (unpaired) electrons. The highest BCUT2D eigenvalue weighted by atomic mass is 79.9. The van der Waals surface area contributed by atoms with Gasteiger partial charge in [0, 0.05) is 37.6 Å². The van der Waals surface area contributed by atoms with Gasteiger partial charge in [-0.2, -0.15) is 0 Å². The van der Waals surface area contributed by atoms with E-state index in [-0.39, 0.29) is 11.9 Å². The maximum absolute atomic E-state index is 11.7. The second-order valence-electron chi connectivity index (χ2n) is 4.60. The van der Waals surface area contributed by atoms with Crippen LogP contribution in [0, 0.1) is 0 Å². The minimum absolute atomic E-state index is 0.0634. The third kappa shape index (κ3) is 3.54. The molecule has 2 N–H and O–H groups in total. The number of carbonyl (C=O) groups is 1. The molecule has 1 aliphatic heterocycles. The van der Waals surface area contributed by atoms with E-state index in [1.54, 1.807) is 18.3 Å². The van der Waals surface area contributed by atoms with E-state index in [0.29, 0.717) is 0 Å². The number of nitrogens with two attached hydrogens (primary N) is 1. The lowest BCUT2D eigenvalue weighted by molar-refractivity contribution is -0.134. The Kier molecular flexibility index (Phi) is 4.77. The van der Waals surface area contributed by atoms with Gasteiger partial charge in [0.05, 0.1) is 9.83 Å². The first-order valence-corrected chi connectivity index (χ1v) is 7.68. The van der Waals surface area contributed by atoms with Crippen LogP contribution in [0.1, 0.15) is 11.8 Å². The molecule has 6 heteroatoms. The highest BCUT2D eigenvalue weighted by Crippen LogP contribution is 2.23. The van der Waals surface area contributed by atoms with E-state index in [1.165, 1.54) is 8.66 Å². The van der Waals surface area contributed by atoms with Crippen molar-refractivity contribution in [3.05, 3.63) is 20.8 Å². The Morgan fingerprint density at radius 2 is 2.11 bits per heavy atom. The van der Waals surface area contributed by atoms with Crippen LogP contribution in [0.5, 0.6) is 0 Å². The van der Waals surface area contributed by atoms with Gasteiger partial charge in [-0.25, -0.2) is 0 Å². The Balaban J connectivity index is 1.82. The van der Waals surface area contributed by atoms with Crippen molar-refractivity contribution in [3.8, 4) is 0 Å². The molecule has 1 unspecified atom stereocenters. The van der Waals surface area contributed by atoms with E-state index < -0.39 is 0 Å². The lowest BCUT2D eigenvalue weighted by Gasteiger charge is -2.35. The molecule has 1 aliphatic rings. The van der Waals surface area contributed by atoms with Crippen molar-refractivity contribution in [2.45, 2.75) is 19.5 Å². The van der Waals surface area contributed by atoms with E-state index in [0.717, 1.165) is 32.7 Å². The lowest BCUT2D eigenvalue weighted by Crippen LogP contribution is -2.52. The number of piperazine rings is 1. The SMILES string of the molecule is CC(N)C(=O)N1CCN(Cc2ccc(Br)s2)CC1. The van der Waals surface area contributed by atoms with Crippen molar-refractivity contribution in [3.63, 3.8) is 0 Å². The molecular weight excluding hydrogens is 314 g/mol. The maximum atomic E-state index is 11.7. The van der Waals surface area contributed by atoms with Gasteiger partial charge in [0.15, 0.2) is 0 Å². The van der Waals surface area contributed by atoms with Gasteiger partial charge in [0.25, 0.3) is 0 Å². The molecule has 2 rings (SSSR count). The zero-order valence-corrected chi connectivity index (χ0v) is 12.8. The maximum Gasteiger partial charge on any atom is 0.239 e. The van der Waals surface area contributed by atoms with Crippen molar-refractivity contribution in [1.82, 2.24) is 9.80 Å². The molecular formula is C12H18BrN3OS. The molecule has 1 aromatic heterocycles. The molecule has 0 bridgehead atoms. The van der Waals surface area contributed by atoms with Crippen LogP contribution in [0.3, 0.4) is 0 Å². The number of amides is 1. The predicted octanol–water partition coefficient (Wildman–Crippen LogP) is 1.50. The van der Waals surface area contributed by atoms with E-state index in [1.807, 2.05) is 4.90 Å². The fourth-order valence-corrected chi connectivity index (χ4v) is 3.60. The van der Waals surface area contributed by atoms with Gasteiger partial charge in [-0.1, -0.05) is 0 Å². The van der Waals surface area contributed by atoms with Crippen LogP contribution in [-0.2, 0) is 11.3 Å². The van der Waals surface area contributed by atoms with Gasteiger partial charge in [0.1, 0.15) is 0 Å². The number of hydrogen-bond donors (Lipinski definition) is 1. The average molecular weight is 332 g/mol. The molecule has 0 spiro atoms. The second kappa shape index (κ2) is 6.14. The van der Waals surface area contributed by atoms with Gasteiger partial charge in [-0.05, 0) is 35.0 Å². The summed E-state index contributed by atoms with van der Waals surface area (Å²) in [5.74, 6) is 0.0634. The van der Waals surface area contributed by atoms with E-state index in [9.17, 15) is 4.79 Å². The summed E-state index contributed by atoms with van der Waals surface area (Å²) >= 11 is 5.24. The third-order valence-corrected chi connectivity index (χ3v) is 4.69. The van der Waals surface area contributed by atoms with Crippen molar-refractivity contribution in [2.24, 2.45) is 5.73 Å². The number of halogens is 1. The molecule has 1 aromatic rings. The molecule has 1 atom stereocenters. The quantitative estimate of drug-likeness (QED) is 0.913. The first kappa shape index (κ1) is 14.0. The molecule has 0 aromatic carbocycles. The smallest absolute Gasteiger partial charge is 0.239 e. The Bertz CT molecular complexity index is 413. The topological polar surface area (TPSA) is 49.6 Å². The fourth-order valence-electron chi connectivity index (χ4n) is 2.07. The van der Waals surface area contributed by atoms with Crippen molar-refractivity contribution < 1.29 is 4.79 Å². The minimum Gasteiger partial charge on any atom is -0.339 e. The average Bonchev–Trinajstić information content (AvgIpc) is 2.75. The van der Waals surface area contributed by atoms with Crippen LogP contribution >= 0.6 is 27.3 Å². The first-order valence-electron chi connectivity index (χ1n) is 6.07. The molecule has 0 saturated carbocycles. The number of thiophene rings is 1. The highest BCUT2D eigenvalue weighted by Gasteiger charge is 2.23. The lowest BCUT2D eigenvalue weighted by atomic mass is 10.2. The van der Waals surface area contributed by atoms with Gasteiger partial charge in [-0.3, -0.25) is 9.69 Å². The third-order valence-electron chi connectivity index (χ3n) is 3.08. The van der Waals surface area contributed by atoms with Crippen LogP contribution in [0.25, 0.3) is 0 Å². The summed E-state index contributed by atoms with van der Waals surface area (Å²) in [4.78, 5) is 17.3. The summed E-state index contributed by atoms with van der Waals surface area (Å²) in [7, 11) is 0. The van der Waals surface area contributed by atoms with Crippen molar-refractivity contribution in [1.29, 1.82) is 0 Å². The molecule has 1 saturated heterocycles. The zero-order valence-electron chi connectivity index (χ0n) is 10.4. The normalized spacial score (nSPS) is 18.9. The van der Waals surface area contributed by atoms with Crippen LogP contribution in [-0.4, -0.2) is 47.9 Å². The highest BCUT2D eigenvalue weighted by molar-refractivity contribution is 9.11. The summed E-state index contributed by atoms with van der Waals surface area (Å²) in [5.41, 5.74) is 5.62. The number of carbonyl (C=O) groups excluding carboxylic acids is 1. The van der Waals surface area contributed by atoms with Crippen molar-refractivity contribution in [2.75, 3.05) is 26.2 Å². The standard InChI is InChI=1S/C12H18BrN3OS/c1-9(14)12(17)16-6-4-15(5-7-16)8-10-2-3-11(13)18-10/h2-3,9H,4-8,14H2,1H3. The Morgan fingerprint density at radius 3 is 2.61 bits per heavy atom. The summed E-state index contributed by atoms with van der Waals surface area (Å²) in [6.45, 7) is 6.14. The summed E-state index contributed by atoms with van der Waals surface area (Å²) in [6.07, 6.45) is 0. The van der Waals surface area contributed by atoms with Crippen LogP contribution < -0.4 is 5.73 Å². The summed E-state index contributed by atoms with van der Waals surface area (Å²) in [6, 6.07) is 3.84. The Labute approximate surface area is 120 Å². The molecule has 0 aliphatic carbocycles. The molecule has 1 amide bonds. The molecule has 1 fully saturated rings. The largest absolute Gasteiger partial charge is 0.339 e. The monoisotopic (exact) mass is 331 g/mol. The van der Waals surface area contributed by atoms with Gasteiger partial charge >= 0.3 is 0 Å². The molecule has 2 heterocycles. The number of nitrogens with zero attached hydrogens (tertiary/aromatic N) is 2. The zero-order chi connectivity index (χ0) is 13.1. The Morgan fingerprint density at radius 1 is 1.44 bits per heavy atom. The number of rotatable bonds is 3. The van der Waals surface area contributed by atoms with Crippen molar-refractivity contribution >= 4 is 33.2 Å². The van der Waals surface area contributed by atoms with Gasteiger partial charge in [-0.15, -0.1) is 11.3 Å². The van der Waals surface area contributed by atoms with E-state index in [4.69, 9.17) is 5.73 Å². The Hall–Kier alpha value is -0.430. The molecule has 100 valence electrons. The second-order valence-corrected chi connectivity index (χ2v) is 7.14. The van der Waals surface area contributed by atoms with Crippen LogP contribution in [0.15, 0.2) is 15.9 Å². The predicted molar refractivity (Wildman–Crippen MR) is 77.5 cm³/mol. The minimum atomic E-state index is -0.384. The molecule has 4 nitrogen and oxygen atoms in total. The number of hydrogen-bond acceptors (Lipinski definition) is 4. The summed E-state index contributed by atoms with van der Waals surface area (Å²) < 4.78 is 1.17. The first-order chi connectivity index (χ1) is 8.56. The van der Waals surface area contributed by atoms with Gasteiger partial charge in [0.2, 0.25) is 5.91 Å². The van der Waals surface area contributed by atoms with E-state index >= 15 is 0 Å².